The normalized spacial score (nSPS) is 17.0. The fraction of sp³-hybridized carbons (Fsp3) is 0.250. The van der Waals surface area contributed by atoms with Crippen molar-refractivity contribution in [2.24, 2.45) is 10.2 Å². The molecule has 1 aliphatic heterocycles. The Morgan fingerprint density at radius 2 is 2.71 bits per heavy atom. The molecule has 0 unspecified atom stereocenters. The van der Waals surface area contributed by atoms with Crippen LogP contribution in [0.2, 0.25) is 0 Å². The van der Waals surface area contributed by atoms with Crippen LogP contribution in [-0.4, -0.2) is 10.9 Å². The van der Waals surface area contributed by atoms with E-state index in [0.717, 1.165) is 5.04 Å². The maximum atomic E-state index is 3.69. The zero-order valence-corrected chi connectivity index (χ0v) is 4.70. The van der Waals surface area contributed by atoms with Crippen molar-refractivity contribution >= 4 is 22.7 Å². The molecule has 0 amide bonds. The molecule has 0 aliphatic carbocycles. The van der Waals surface area contributed by atoms with E-state index in [0.29, 0.717) is 0 Å². The van der Waals surface area contributed by atoms with Crippen molar-refractivity contribution in [1.82, 2.24) is 0 Å². The first-order valence-corrected chi connectivity index (χ1v) is 2.76. The van der Waals surface area contributed by atoms with Gasteiger partial charge in [0.05, 0.1) is 5.04 Å². The number of rotatable bonds is 0. The second-order valence-electron chi connectivity index (χ2n) is 1.08. The summed E-state index contributed by atoms with van der Waals surface area (Å²) in [5.41, 5.74) is 0. The lowest BCUT2D eigenvalue weighted by atomic mass is 10.9. The molecule has 0 bridgehead atoms. The summed E-state index contributed by atoms with van der Waals surface area (Å²) >= 11 is 1.54. The predicted octanol–water partition coefficient (Wildman–Crippen LogP) is 1.25. The SMILES string of the molecule is CC1=NN=C=CS1. The van der Waals surface area contributed by atoms with Crippen LogP contribution in [0.5, 0.6) is 0 Å². The molecule has 0 N–H and O–H groups in total. The molecule has 1 aliphatic rings. The largest absolute Gasteiger partial charge is 0.140 e. The highest BCUT2D eigenvalue weighted by Crippen LogP contribution is 2.05. The van der Waals surface area contributed by atoms with E-state index in [1.807, 2.05) is 6.92 Å². The van der Waals surface area contributed by atoms with Crippen LogP contribution in [0.25, 0.3) is 0 Å². The van der Waals surface area contributed by atoms with E-state index in [-0.39, 0.29) is 0 Å². The number of hydrogen-bond donors (Lipinski definition) is 0. The Hall–Kier alpha value is -0.530. The van der Waals surface area contributed by atoms with Crippen molar-refractivity contribution in [3.63, 3.8) is 0 Å². The quantitative estimate of drug-likeness (QED) is 0.463. The van der Waals surface area contributed by atoms with Gasteiger partial charge in [-0.25, -0.2) is 0 Å². The average Bonchev–Trinajstić information content (AvgIpc) is 1.69. The lowest BCUT2D eigenvalue weighted by Crippen LogP contribution is -1.80. The third-order valence-electron chi connectivity index (χ3n) is 0.531. The molecule has 3 heteroatoms. The minimum atomic E-state index is 0.971. The Kier molecular flexibility index (Phi) is 1.29. The topological polar surface area (TPSA) is 24.7 Å². The molecular weight excluding hydrogens is 108 g/mol. The molecular formula is C4H4N2S. The number of thioether (sulfide) groups is 1. The van der Waals surface area contributed by atoms with Crippen molar-refractivity contribution in [2.45, 2.75) is 6.92 Å². The Morgan fingerprint density at radius 3 is 3.00 bits per heavy atom. The van der Waals surface area contributed by atoms with Crippen molar-refractivity contribution in [3.05, 3.63) is 5.41 Å². The summed E-state index contributed by atoms with van der Waals surface area (Å²) in [6.07, 6.45) is 0. The second kappa shape index (κ2) is 1.96. The van der Waals surface area contributed by atoms with Crippen LogP contribution in [0, 0.1) is 0 Å². The molecule has 0 aromatic heterocycles. The van der Waals surface area contributed by atoms with Crippen molar-refractivity contribution in [3.8, 4) is 0 Å². The third-order valence-corrected chi connectivity index (χ3v) is 1.18. The van der Waals surface area contributed by atoms with Gasteiger partial charge in [0.2, 0.25) is 0 Å². The summed E-state index contributed by atoms with van der Waals surface area (Å²) < 4.78 is 0. The molecule has 7 heavy (non-hydrogen) atoms. The highest BCUT2D eigenvalue weighted by molar-refractivity contribution is 8.16. The average molecular weight is 112 g/mol. The van der Waals surface area contributed by atoms with E-state index in [4.69, 9.17) is 0 Å². The molecule has 0 spiro atoms. The van der Waals surface area contributed by atoms with Gasteiger partial charge in [-0.15, -0.1) is 10.2 Å². The molecule has 0 fully saturated rings. The molecule has 1 rings (SSSR count). The van der Waals surface area contributed by atoms with Crippen molar-refractivity contribution in [2.75, 3.05) is 0 Å². The molecule has 2 nitrogen and oxygen atoms in total. The number of hydrogen-bond acceptors (Lipinski definition) is 3. The van der Waals surface area contributed by atoms with E-state index in [1.54, 1.807) is 5.41 Å². The van der Waals surface area contributed by atoms with Gasteiger partial charge in [0.1, 0.15) is 0 Å². The van der Waals surface area contributed by atoms with E-state index < -0.39 is 0 Å². The van der Waals surface area contributed by atoms with Gasteiger partial charge in [0.25, 0.3) is 0 Å². The van der Waals surface area contributed by atoms with Crippen LogP contribution in [0.1, 0.15) is 6.92 Å². The van der Waals surface area contributed by atoms with Crippen LogP contribution >= 0.6 is 11.8 Å². The Labute approximate surface area is 46.0 Å². The zero-order chi connectivity index (χ0) is 5.11. The van der Waals surface area contributed by atoms with E-state index in [2.05, 4.69) is 16.1 Å². The van der Waals surface area contributed by atoms with Gasteiger partial charge >= 0.3 is 0 Å². The van der Waals surface area contributed by atoms with E-state index in [9.17, 15) is 0 Å². The van der Waals surface area contributed by atoms with E-state index >= 15 is 0 Å². The summed E-state index contributed by atoms with van der Waals surface area (Å²) in [5, 5.41) is 9.96. The predicted molar refractivity (Wildman–Crippen MR) is 32.7 cm³/mol. The van der Waals surface area contributed by atoms with Gasteiger partial charge in [-0.2, -0.15) is 0 Å². The van der Waals surface area contributed by atoms with Gasteiger partial charge in [-0.1, -0.05) is 11.8 Å². The molecule has 0 aromatic carbocycles. The van der Waals surface area contributed by atoms with Crippen LogP contribution < -0.4 is 0 Å². The molecule has 0 radical (unpaired) electrons. The lowest BCUT2D eigenvalue weighted by molar-refractivity contribution is 1.26. The monoisotopic (exact) mass is 112 g/mol. The first kappa shape index (κ1) is 4.62. The fourth-order valence-electron chi connectivity index (χ4n) is 0.258. The van der Waals surface area contributed by atoms with Gasteiger partial charge < -0.3 is 0 Å². The maximum absolute atomic E-state index is 3.69. The smallest absolute Gasteiger partial charge is 0.0983 e. The summed E-state index contributed by atoms with van der Waals surface area (Å²) in [6.45, 7) is 1.91. The summed E-state index contributed by atoms with van der Waals surface area (Å²) in [4.78, 5) is 0. The van der Waals surface area contributed by atoms with Gasteiger partial charge in [-0.3, -0.25) is 0 Å². The Balaban J connectivity index is 2.77. The third kappa shape index (κ3) is 1.18. The fourth-order valence-corrected chi connectivity index (χ4v) is 0.616. The molecule has 36 valence electrons. The van der Waals surface area contributed by atoms with Crippen molar-refractivity contribution < 1.29 is 0 Å². The summed E-state index contributed by atoms with van der Waals surface area (Å²) in [6, 6.07) is 0. The van der Waals surface area contributed by atoms with Crippen molar-refractivity contribution in [1.29, 1.82) is 0 Å². The number of nitrogens with zero attached hydrogens (tertiary/aromatic N) is 2. The Bertz CT molecular complexity index is 153. The molecule has 0 saturated carbocycles. The lowest BCUT2D eigenvalue weighted by Gasteiger charge is -1.88. The molecule has 0 atom stereocenters. The summed E-state index contributed by atoms with van der Waals surface area (Å²) in [7, 11) is 0. The van der Waals surface area contributed by atoms with Gasteiger partial charge in [-0.05, 0) is 6.92 Å². The standard InChI is InChI=1S/C4H4N2S/c1-4-6-5-2-3-7-4/h3H,1H3. The first-order chi connectivity index (χ1) is 3.39. The molecule has 0 aromatic rings. The van der Waals surface area contributed by atoms with Crippen LogP contribution in [0.15, 0.2) is 15.6 Å². The van der Waals surface area contributed by atoms with Gasteiger partial charge in [0.15, 0.2) is 0 Å². The van der Waals surface area contributed by atoms with Crippen LogP contribution in [0.3, 0.4) is 0 Å². The first-order valence-electron chi connectivity index (χ1n) is 1.88. The maximum Gasteiger partial charge on any atom is 0.0983 e. The van der Waals surface area contributed by atoms with E-state index in [1.165, 1.54) is 11.8 Å². The minimum Gasteiger partial charge on any atom is -0.140 e. The van der Waals surface area contributed by atoms with Crippen LogP contribution in [0.4, 0.5) is 0 Å². The zero-order valence-electron chi connectivity index (χ0n) is 3.88. The highest BCUT2D eigenvalue weighted by atomic mass is 32.2. The Morgan fingerprint density at radius 1 is 1.86 bits per heavy atom. The molecule has 0 saturated heterocycles. The molecule has 1 heterocycles. The minimum absolute atomic E-state index is 0.971. The highest BCUT2D eigenvalue weighted by Gasteiger charge is 1.87. The second-order valence-corrected chi connectivity index (χ2v) is 2.15. The van der Waals surface area contributed by atoms with Crippen LogP contribution in [-0.2, 0) is 0 Å². The summed E-state index contributed by atoms with van der Waals surface area (Å²) in [5.74, 6) is 2.59. The van der Waals surface area contributed by atoms with Gasteiger partial charge in [0, 0.05) is 11.3 Å².